The maximum absolute atomic E-state index is 12.8. The lowest BCUT2D eigenvalue weighted by molar-refractivity contribution is -0.136. The smallest absolute Gasteiger partial charge is 0.402 e. The topological polar surface area (TPSA) is 46.6 Å². The molecule has 2 rings (SSSR count). The lowest BCUT2D eigenvalue weighted by atomic mass is 10.3. The Balaban J connectivity index is 2.40. The molecule has 1 heterocycles. The fourth-order valence-corrected chi connectivity index (χ4v) is 4.39. The Hall–Kier alpha value is -1.29. The molecule has 0 radical (unpaired) electrons. The van der Waals surface area contributed by atoms with Gasteiger partial charge >= 0.3 is 6.18 Å². The molecule has 10 heteroatoms. The highest BCUT2D eigenvalue weighted by Gasteiger charge is 2.37. The molecule has 1 aromatic heterocycles. The number of sulfonamides is 1. The number of benzene rings is 1. The molecule has 0 unspecified atom stereocenters. The van der Waals surface area contributed by atoms with Gasteiger partial charge < -0.3 is 4.74 Å². The largest absolute Gasteiger partial charge is 0.495 e. The number of hydrogen-bond acceptors (Lipinski definition) is 4. The van der Waals surface area contributed by atoms with Gasteiger partial charge in [-0.2, -0.15) is 28.8 Å². The number of hydrogen-bond donors (Lipinski definition) is 0. The molecular formula is C14H13ClF3NO3S2. The minimum absolute atomic E-state index is 0.000988. The van der Waals surface area contributed by atoms with Gasteiger partial charge in [0, 0.05) is 6.54 Å². The van der Waals surface area contributed by atoms with E-state index in [0.717, 1.165) is 12.1 Å². The summed E-state index contributed by atoms with van der Waals surface area (Å²) in [6, 6.07) is 5.11. The summed E-state index contributed by atoms with van der Waals surface area (Å²) < 4.78 is 69.0. The van der Waals surface area contributed by atoms with Crippen LogP contribution in [-0.2, 0) is 16.6 Å². The zero-order valence-corrected chi connectivity index (χ0v) is 14.8. The van der Waals surface area contributed by atoms with Crippen LogP contribution in [0.3, 0.4) is 0 Å². The molecule has 4 nitrogen and oxygen atoms in total. The third-order valence-corrected chi connectivity index (χ3v) is 5.87. The van der Waals surface area contributed by atoms with Crippen molar-refractivity contribution in [3.63, 3.8) is 0 Å². The second-order valence-electron chi connectivity index (χ2n) is 4.82. The molecule has 0 aliphatic heterocycles. The van der Waals surface area contributed by atoms with Crippen molar-refractivity contribution in [2.45, 2.75) is 17.6 Å². The average molecular weight is 400 g/mol. The van der Waals surface area contributed by atoms with Crippen LogP contribution in [0.15, 0.2) is 39.9 Å². The lowest BCUT2D eigenvalue weighted by Gasteiger charge is -2.23. The predicted octanol–water partition coefficient (Wildman–Crippen LogP) is 4.16. The zero-order chi connectivity index (χ0) is 18.0. The fourth-order valence-electron chi connectivity index (χ4n) is 1.97. The van der Waals surface area contributed by atoms with Gasteiger partial charge in [-0.05, 0) is 40.6 Å². The average Bonchev–Trinajstić information content (AvgIpc) is 2.98. The molecule has 0 aliphatic rings. The van der Waals surface area contributed by atoms with Crippen molar-refractivity contribution >= 4 is 33.0 Å². The van der Waals surface area contributed by atoms with Gasteiger partial charge in [0.25, 0.3) is 0 Å². The van der Waals surface area contributed by atoms with Crippen LogP contribution in [0.1, 0.15) is 5.56 Å². The number of ether oxygens (including phenoxy) is 1. The van der Waals surface area contributed by atoms with Crippen molar-refractivity contribution in [1.82, 2.24) is 4.31 Å². The van der Waals surface area contributed by atoms with Crippen molar-refractivity contribution in [3.05, 3.63) is 45.6 Å². The molecule has 1 aromatic carbocycles. The van der Waals surface area contributed by atoms with Crippen LogP contribution in [0.5, 0.6) is 5.75 Å². The summed E-state index contributed by atoms with van der Waals surface area (Å²) in [7, 11) is -3.03. The highest BCUT2D eigenvalue weighted by molar-refractivity contribution is 7.89. The highest BCUT2D eigenvalue weighted by atomic mass is 35.5. The van der Waals surface area contributed by atoms with Gasteiger partial charge in [-0.15, -0.1) is 0 Å². The van der Waals surface area contributed by atoms with Crippen LogP contribution in [0, 0.1) is 0 Å². The first-order valence-corrected chi connectivity index (χ1v) is 9.31. The van der Waals surface area contributed by atoms with E-state index in [4.69, 9.17) is 16.3 Å². The fraction of sp³-hybridized carbons (Fsp3) is 0.286. The summed E-state index contributed by atoms with van der Waals surface area (Å²) in [6.07, 6.45) is -4.67. The molecule has 132 valence electrons. The van der Waals surface area contributed by atoms with Crippen molar-refractivity contribution in [3.8, 4) is 5.75 Å². The molecule has 0 atom stereocenters. The van der Waals surface area contributed by atoms with Crippen molar-refractivity contribution in [1.29, 1.82) is 0 Å². The lowest BCUT2D eigenvalue weighted by Crippen LogP contribution is -2.38. The van der Waals surface area contributed by atoms with E-state index >= 15 is 0 Å². The van der Waals surface area contributed by atoms with Gasteiger partial charge in [-0.3, -0.25) is 0 Å². The third kappa shape index (κ3) is 4.62. The summed E-state index contributed by atoms with van der Waals surface area (Å²) in [5, 5.41) is 3.26. The number of nitrogens with zero attached hydrogens (tertiary/aromatic N) is 1. The molecule has 0 amide bonds. The van der Waals surface area contributed by atoms with Crippen LogP contribution in [0.2, 0.25) is 5.02 Å². The van der Waals surface area contributed by atoms with Crippen molar-refractivity contribution in [2.24, 2.45) is 0 Å². The molecule has 0 bridgehead atoms. The first-order valence-electron chi connectivity index (χ1n) is 6.55. The Morgan fingerprint density at radius 1 is 1.29 bits per heavy atom. The van der Waals surface area contributed by atoms with E-state index in [-0.39, 0.29) is 22.2 Å². The van der Waals surface area contributed by atoms with Gasteiger partial charge in [0.1, 0.15) is 12.3 Å². The number of halogens is 4. The Bertz CT molecular complexity index is 792. The Labute approximate surface area is 146 Å². The maximum Gasteiger partial charge on any atom is 0.402 e. The van der Waals surface area contributed by atoms with Crippen molar-refractivity contribution in [2.75, 3.05) is 13.7 Å². The number of thiophene rings is 1. The van der Waals surface area contributed by atoms with E-state index in [9.17, 15) is 21.6 Å². The normalized spacial score (nSPS) is 12.6. The van der Waals surface area contributed by atoms with E-state index < -0.39 is 22.7 Å². The van der Waals surface area contributed by atoms with Crippen LogP contribution in [0.4, 0.5) is 13.2 Å². The van der Waals surface area contributed by atoms with E-state index in [1.54, 1.807) is 16.8 Å². The standard InChI is InChI=1S/C14H13ClF3NO3S2/c1-22-13-3-2-11(6-12(13)15)24(20,21)19(9-14(16,17)18)7-10-4-5-23-8-10/h2-6,8H,7,9H2,1H3. The van der Waals surface area contributed by atoms with E-state index in [1.165, 1.54) is 24.5 Å². The number of methoxy groups -OCH3 is 1. The molecule has 0 fully saturated rings. The summed E-state index contributed by atoms with van der Waals surface area (Å²) in [5.41, 5.74) is 0.479. The molecule has 0 saturated heterocycles. The maximum atomic E-state index is 12.8. The van der Waals surface area contributed by atoms with E-state index in [1.807, 2.05) is 0 Å². The Morgan fingerprint density at radius 2 is 2.00 bits per heavy atom. The molecule has 0 aliphatic carbocycles. The molecule has 24 heavy (non-hydrogen) atoms. The van der Waals surface area contributed by atoms with Crippen LogP contribution < -0.4 is 4.74 Å². The van der Waals surface area contributed by atoms with Crippen LogP contribution in [-0.4, -0.2) is 32.6 Å². The number of alkyl halides is 3. The second-order valence-corrected chi connectivity index (χ2v) is 7.94. The molecule has 0 saturated carbocycles. The van der Waals surface area contributed by atoms with Crippen LogP contribution in [0.25, 0.3) is 0 Å². The monoisotopic (exact) mass is 399 g/mol. The molecule has 0 spiro atoms. The van der Waals surface area contributed by atoms with E-state index in [0.29, 0.717) is 9.87 Å². The van der Waals surface area contributed by atoms with E-state index in [2.05, 4.69) is 0 Å². The van der Waals surface area contributed by atoms with Gasteiger partial charge in [0.15, 0.2) is 0 Å². The predicted molar refractivity (Wildman–Crippen MR) is 86.0 cm³/mol. The summed E-state index contributed by atoms with van der Waals surface area (Å²) in [5.74, 6) is 0.232. The van der Waals surface area contributed by atoms with Gasteiger partial charge in [0.05, 0.1) is 17.0 Å². The SMILES string of the molecule is COc1ccc(S(=O)(=O)N(Cc2ccsc2)CC(F)(F)F)cc1Cl. The summed E-state index contributed by atoms with van der Waals surface area (Å²) in [4.78, 5) is -0.326. The highest BCUT2D eigenvalue weighted by Crippen LogP contribution is 2.30. The first kappa shape index (κ1) is 19.0. The Kier molecular flexibility index (Phi) is 5.79. The van der Waals surface area contributed by atoms with Gasteiger partial charge in [0.2, 0.25) is 10.0 Å². The second kappa shape index (κ2) is 7.30. The van der Waals surface area contributed by atoms with Gasteiger partial charge in [-0.1, -0.05) is 11.6 Å². The minimum atomic E-state index is -4.67. The Morgan fingerprint density at radius 3 is 2.50 bits per heavy atom. The molecular weight excluding hydrogens is 387 g/mol. The quantitative estimate of drug-likeness (QED) is 0.732. The van der Waals surface area contributed by atoms with Gasteiger partial charge in [-0.25, -0.2) is 8.42 Å². The number of rotatable bonds is 6. The summed E-state index contributed by atoms with van der Waals surface area (Å²) in [6.45, 7) is -1.97. The first-order chi connectivity index (χ1) is 11.1. The zero-order valence-electron chi connectivity index (χ0n) is 12.4. The minimum Gasteiger partial charge on any atom is -0.495 e. The van der Waals surface area contributed by atoms with Crippen LogP contribution >= 0.6 is 22.9 Å². The molecule has 0 N–H and O–H groups in total. The third-order valence-electron chi connectivity index (χ3n) is 3.06. The summed E-state index contributed by atoms with van der Waals surface area (Å²) >= 11 is 7.16. The molecule has 2 aromatic rings. The van der Waals surface area contributed by atoms with Crippen molar-refractivity contribution < 1.29 is 26.3 Å².